The first-order valence-electron chi connectivity index (χ1n) is 5.87. The molecular weight excluding hydrogens is 228 g/mol. The molecule has 18 heavy (non-hydrogen) atoms. The number of ether oxygens (including phenoxy) is 1. The minimum atomic E-state index is 0.516. The summed E-state index contributed by atoms with van der Waals surface area (Å²) >= 11 is 0. The van der Waals surface area contributed by atoms with Crippen LogP contribution < -0.4 is 10.1 Å². The number of rotatable bonds is 3. The second-order valence-electron chi connectivity index (χ2n) is 4.32. The van der Waals surface area contributed by atoms with Crippen molar-refractivity contribution in [2.24, 2.45) is 0 Å². The van der Waals surface area contributed by atoms with Crippen LogP contribution >= 0.6 is 0 Å². The second-order valence-corrected chi connectivity index (χ2v) is 4.32. The fraction of sp³-hybridized carbons (Fsp3) is 0.357. The fourth-order valence-corrected chi connectivity index (χ4v) is 1.89. The van der Waals surface area contributed by atoms with E-state index in [-0.39, 0.29) is 0 Å². The van der Waals surface area contributed by atoms with E-state index in [1.807, 2.05) is 13.0 Å². The molecule has 0 aliphatic heterocycles. The van der Waals surface area contributed by atoms with Gasteiger partial charge in [0.1, 0.15) is 5.75 Å². The smallest absolute Gasteiger partial charge is 0.295 e. The number of benzene rings is 1. The Balaban J connectivity index is 2.61. The first-order chi connectivity index (χ1) is 8.56. The number of hydrogen-bond donors (Lipinski definition) is 1. The summed E-state index contributed by atoms with van der Waals surface area (Å²) in [5.74, 6) is 1.55. The number of anilines is 1. The highest BCUT2D eigenvalue weighted by molar-refractivity contribution is 5.70. The number of aryl methyl sites for hydroxylation is 3. The Morgan fingerprint density at radius 3 is 2.39 bits per heavy atom. The average Bonchev–Trinajstić information content (AvgIpc) is 2.73. The van der Waals surface area contributed by atoms with Crippen LogP contribution in [0.1, 0.15) is 16.8 Å². The molecule has 2 aromatic rings. The van der Waals surface area contributed by atoms with Crippen molar-refractivity contribution >= 4 is 6.01 Å². The molecule has 0 atom stereocenters. The van der Waals surface area contributed by atoms with Crippen molar-refractivity contribution in [1.29, 1.82) is 0 Å². The van der Waals surface area contributed by atoms with Gasteiger partial charge in [0.25, 0.3) is 6.01 Å². The van der Waals surface area contributed by atoms with Crippen LogP contribution in [-0.4, -0.2) is 19.1 Å². The monoisotopic (exact) mass is 246 g/mol. The van der Waals surface area contributed by atoms with Crippen molar-refractivity contribution in [3.05, 3.63) is 29.0 Å². The van der Waals surface area contributed by atoms with E-state index in [1.165, 1.54) is 11.1 Å². The number of nitrogens with zero attached hydrogens (tertiary/aromatic N) is 1. The highest BCUT2D eigenvalue weighted by Crippen LogP contribution is 2.35. The van der Waals surface area contributed by atoms with Crippen LogP contribution in [-0.2, 0) is 0 Å². The Kier molecular flexibility index (Phi) is 3.28. The van der Waals surface area contributed by atoms with Crippen LogP contribution in [0, 0.1) is 20.8 Å². The zero-order valence-electron chi connectivity index (χ0n) is 11.4. The first-order valence-corrected chi connectivity index (χ1v) is 5.87. The highest BCUT2D eigenvalue weighted by atomic mass is 16.5. The number of oxazole rings is 1. The van der Waals surface area contributed by atoms with Crippen LogP contribution in [0.25, 0.3) is 11.3 Å². The van der Waals surface area contributed by atoms with Crippen molar-refractivity contribution in [1.82, 2.24) is 4.98 Å². The van der Waals surface area contributed by atoms with Gasteiger partial charge < -0.3 is 14.5 Å². The molecule has 0 aliphatic carbocycles. The summed E-state index contributed by atoms with van der Waals surface area (Å²) < 4.78 is 11.1. The lowest BCUT2D eigenvalue weighted by Crippen LogP contribution is -1.92. The largest absolute Gasteiger partial charge is 0.496 e. The molecule has 0 radical (unpaired) electrons. The van der Waals surface area contributed by atoms with Crippen LogP contribution in [0.2, 0.25) is 0 Å². The number of nitrogens with one attached hydrogen (secondary N) is 1. The number of hydrogen-bond acceptors (Lipinski definition) is 4. The SMILES string of the molecule is CNc1nc(C)c(-c2cc(C)c(C)cc2OC)o1. The van der Waals surface area contributed by atoms with E-state index in [2.05, 4.69) is 30.2 Å². The van der Waals surface area contributed by atoms with Gasteiger partial charge in [-0.15, -0.1) is 0 Å². The summed E-state index contributed by atoms with van der Waals surface area (Å²) in [6, 6.07) is 4.61. The third kappa shape index (κ3) is 2.06. The van der Waals surface area contributed by atoms with Gasteiger partial charge in [0.05, 0.1) is 18.4 Å². The summed E-state index contributed by atoms with van der Waals surface area (Å²) in [5, 5.41) is 2.90. The van der Waals surface area contributed by atoms with Gasteiger partial charge in [-0.25, -0.2) is 0 Å². The molecule has 0 saturated heterocycles. The molecule has 4 nitrogen and oxygen atoms in total. The summed E-state index contributed by atoms with van der Waals surface area (Å²) in [5.41, 5.74) is 4.18. The van der Waals surface area contributed by atoms with Crippen molar-refractivity contribution in [3.8, 4) is 17.1 Å². The van der Waals surface area contributed by atoms with Gasteiger partial charge in [0, 0.05) is 7.05 Å². The molecule has 1 aromatic carbocycles. The molecule has 1 heterocycles. The quantitative estimate of drug-likeness (QED) is 0.902. The predicted molar refractivity (Wildman–Crippen MR) is 72.2 cm³/mol. The molecule has 96 valence electrons. The first kappa shape index (κ1) is 12.5. The molecule has 0 amide bonds. The molecule has 0 fully saturated rings. The zero-order valence-corrected chi connectivity index (χ0v) is 11.4. The lowest BCUT2D eigenvalue weighted by molar-refractivity contribution is 0.414. The van der Waals surface area contributed by atoms with Crippen molar-refractivity contribution < 1.29 is 9.15 Å². The standard InChI is InChI=1S/C14H18N2O2/c1-8-6-11(12(17-5)7-9(8)2)13-10(3)16-14(15-4)18-13/h6-7H,1-5H3,(H,15,16). The van der Waals surface area contributed by atoms with Crippen molar-refractivity contribution in [3.63, 3.8) is 0 Å². The lowest BCUT2D eigenvalue weighted by atomic mass is 10.0. The Morgan fingerprint density at radius 2 is 1.83 bits per heavy atom. The van der Waals surface area contributed by atoms with Gasteiger partial charge in [-0.1, -0.05) is 0 Å². The zero-order chi connectivity index (χ0) is 13.3. The van der Waals surface area contributed by atoms with E-state index in [0.29, 0.717) is 6.01 Å². The number of methoxy groups -OCH3 is 1. The minimum Gasteiger partial charge on any atom is -0.496 e. The second kappa shape index (κ2) is 4.72. The summed E-state index contributed by atoms with van der Waals surface area (Å²) in [6.45, 7) is 6.06. The molecule has 1 N–H and O–H groups in total. The van der Waals surface area contributed by atoms with E-state index in [9.17, 15) is 0 Å². The average molecular weight is 246 g/mol. The van der Waals surface area contributed by atoms with Gasteiger partial charge >= 0.3 is 0 Å². The molecule has 0 saturated carbocycles. The molecule has 2 rings (SSSR count). The van der Waals surface area contributed by atoms with Crippen LogP contribution in [0.4, 0.5) is 6.01 Å². The Labute approximate surface area is 107 Å². The third-order valence-corrected chi connectivity index (χ3v) is 3.07. The molecule has 0 bridgehead atoms. The predicted octanol–water partition coefficient (Wildman–Crippen LogP) is 3.32. The van der Waals surface area contributed by atoms with E-state index >= 15 is 0 Å². The van der Waals surface area contributed by atoms with Crippen LogP contribution in [0.3, 0.4) is 0 Å². The lowest BCUT2D eigenvalue weighted by Gasteiger charge is -2.10. The van der Waals surface area contributed by atoms with Crippen molar-refractivity contribution in [2.45, 2.75) is 20.8 Å². The van der Waals surface area contributed by atoms with Crippen LogP contribution in [0.5, 0.6) is 5.75 Å². The van der Waals surface area contributed by atoms with Gasteiger partial charge in [-0.3, -0.25) is 0 Å². The third-order valence-electron chi connectivity index (χ3n) is 3.07. The van der Waals surface area contributed by atoms with Gasteiger partial charge in [-0.2, -0.15) is 4.98 Å². The Hall–Kier alpha value is -1.97. The summed E-state index contributed by atoms with van der Waals surface area (Å²) in [6.07, 6.45) is 0. The van der Waals surface area contributed by atoms with E-state index in [0.717, 1.165) is 22.8 Å². The van der Waals surface area contributed by atoms with E-state index < -0.39 is 0 Å². The fourth-order valence-electron chi connectivity index (χ4n) is 1.89. The van der Waals surface area contributed by atoms with E-state index in [1.54, 1.807) is 14.2 Å². The molecular formula is C14H18N2O2. The van der Waals surface area contributed by atoms with E-state index in [4.69, 9.17) is 9.15 Å². The molecule has 1 aromatic heterocycles. The molecule has 0 unspecified atom stereocenters. The maximum absolute atomic E-state index is 5.68. The minimum absolute atomic E-state index is 0.516. The van der Waals surface area contributed by atoms with Gasteiger partial charge in [0.15, 0.2) is 5.76 Å². The topological polar surface area (TPSA) is 47.3 Å². The maximum Gasteiger partial charge on any atom is 0.295 e. The summed E-state index contributed by atoms with van der Waals surface area (Å²) in [4.78, 5) is 4.30. The summed E-state index contributed by atoms with van der Waals surface area (Å²) in [7, 11) is 3.45. The highest BCUT2D eigenvalue weighted by Gasteiger charge is 2.16. The Bertz CT molecular complexity index is 573. The maximum atomic E-state index is 5.68. The van der Waals surface area contributed by atoms with Crippen molar-refractivity contribution in [2.75, 3.05) is 19.5 Å². The molecule has 4 heteroatoms. The van der Waals surface area contributed by atoms with Gasteiger partial charge in [-0.05, 0) is 44.0 Å². The normalized spacial score (nSPS) is 10.5. The molecule has 0 aliphatic rings. The van der Waals surface area contributed by atoms with Gasteiger partial charge in [0.2, 0.25) is 0 Å². The van der Waals surface area contributed by atoms with Crippen LogP contribution in [0.15, 0.2) is 16.5 Å². The Morgan fingerprint density at radius 1 is 1.17 bits per heavy atom. The molecule has 0 spiro atoms. The number of aromatic nitrogens is 1.